The molecule has 1 aromatic carbocycles. The van der Waals surface area contributed by atoms with Gasteiger partial charge in [0, 0.05) is 18.1 Å². The molecule has 8 heteroatoms. The van der Waals surface area contributed by atoms with Gasteiger partial charge in [0.2, 0.25) is 5.91 Å². The molecule has 0 radical (unpaired) electrons. The van der Waals surface area contributed by atoms with Crippen LogP contribution in [0, 0.1) is 0 Å². The zero-order chi connectivity index (χ0) is 17.4. The minimum absolute atomic E-state index is 0.142. The van der Waals surface area contributed by atoms with E-state index < -0.39 is 24.4 Å². The topological polar surface area (TPSA) is 111 Å². The smallest absolute Gasteiger partial charge is 0.310 e. The first kappa shape index (κ1) is 18.1. The number of amides is 2. The van der Waals surface area contributed by atoms with Crippen LogP contribution in [0.3, 0.4) is 0 Å². The van der Waals surface area contributed by atoms with E-state index in [2.05, 4.69) is 10.9 Å². The second-order valence-corrected chi connectivity index (χ2v) is 4.65. The summed E-state index contributed by atoms with van der Waals surface area (Å²) in [7, 11) is 1.44. The molecule has 0 saturated heterocycles. The fourth-order valence-electron chi connectivity index (χ4n) is 1.68. The molecule has 0 atom stereocenters. The van der Waals surface area contributed by atoms with Crippen LogP contribution in [0.4, 0.5) is 0 Å². The van der Waals surface area contributed by atoms with Gasteiger partial charge in [-0.2, -0.15) is 0 Å². The molecule has 0 saturated carbocycles. The summed E-state index contributed by atoms with van der Waals surface area (Å²) in [6.45, 7) is 2.10. The maximum atomic E-state index is 11.8. The van der Waals surface area contributed by atoms with Crippen LogP contribution in [-0.4, -0.2) is 37.3 Å². The predicted octanol–water partition coefficient (Wildman–Crippen LogP) is 0.151. The number of ether oxygens (including phenoxy) is 2. The Bertz CT molecular complexity index is 626. The second-order valence-electron chi connectivity index (χ2n) is 4.65. The number of esters is 1. The first-order valence-corrected chi connectivity index (χ1v) is 6.72. The lowest BCUT2D eigenvalue weighted by Gasteiger charge is -2.10. The van der Waals surface area contributed by atoms with Crippen LogP contribution >= 0.6 is 0 Å². The van der Waals surface area contributed by atoms with E-state index in [1.807, 2.05) is 0 Å². The van der Waals surface area contributed by atoms with Gasteiger partial charge in [0.05, 0.1) is 13.5 Å². The Kier molecular flexibility index (Phi) is 6.72. The zero-order valence-corrected chi connectivity index (χ0v) is 13.1. The minimum Gasteiger partial charge on any atom is -0.496 e. The summed E-state index contributed by atoms with van der Waals surface area (Å²) in [5.74, 6) is -1.48. The minimum atomic E-state index is -0.669. The van der Waals surface area contributed by atoms with E-state index in [0.29, 0.717) is 16.9 Å². The molecule has 0 fully saturated rings. The van der Waals surface area contributed by atoms with Crippen molar-refractivity contribution in [1.82, 2.24) is 10.9 Å². The van der Waals surface area contributed by atoms with Gasteiger partial charge in [-0.3, -0.25) is 30.0 Å². The zero-order valence-electron chi connectivity index (χ0n) is 13.1. The highest BCUT2D eigenvalue weighted by molar-refractivity contribution is 5.94. The van der Waals surface area contributed by atoms with Crippen LogP contribution in [0.1, 0.15) is 29.8 Å². The standard InChI is InChI=1S/C15H18N2O6/c1-9(18)11-4-5-13(22-3)12(6-11)7-15(21)23-8-14(20)17-16-10(2)19/h4-6H,7-8H2,1-3H3,(H,16,19)(H,17,20). The third kappa shape index (κ3) is 6.16. The largest absolute Gasteiger partial charge is 0.496 e. The van der Waals surface area contributed by atoms with Crippen molar-refractivity contribution >= 4 is 23.6 Å². The van der Waals surface area contributed by atoms with Gasteiger partial charge in [-0.1, -0.05) is 0 Å². The molecule has 0 bridgehead atoms. The summed E-state index contributed by atoms with van der Waals surface area (Å²) in [4.78, 5) is 45.1. The number of hydrogen-bond acceptors (Lipinski definition) is 6. The molecule has 0 aromatic heterocycles. The molecule has 0 aliphatic heterocycles. The average Bonchev–Trinajstić information content (AvgIpc) is 2.50. The normalized spacial score (nSPS) is 9.70. The van der Waals surface area contributed by atoms with E-state index in [1.165, 1.54) is 21.0 Å². The molecule has 0 aliphatic carbocycles. The summed E-state index contributed by atoms with van der Waals surface area (Å²) < 4.78 is 9.92. The number of carbonyl (C=O) groups excluding carboxylic acids is 4. The SMILES string of the molecule is COc1ccc(C(C)=O)cc1CC(=O)OCC(=O)NNC(C)=O. The van der Waals surface area contributed by atoms with E-state index >= 15 is 0 Å². The second kappa shape index (κ2) is 8.52. The monoisotopic (exact) mass is 322 g/mol. The van der Waals surface area contributed by atoms with Crippen LogP contribution in [0.5, 0.6) is 5.75 Å². The number of carbonyl (C=O) groups is 4. The summed E-state index contributed by atoms with van der Waals surface area (Å²) in [6, 6.07) is 4.72. The molecule has 0 aliphatic rings. The van der Waals surface area contributed by atoms with Gasteiger partial charge in [-0.15, -0.1) is 0 Å². The lowest BCUT2D eigenvalue weighted by Crippen LogP contribution is -2.42. The van der Waals surface area contributed by atoms with E-state index in [0.717, 1.165) is 0 Å². The molecule has 124 valence electrons. The van der Waals surface area contributed by atoms with Gasteiger partial charge >= 0.3 is 5.97 Å². The van der Waals surface area contributed by atoms with Crippen molar-refractivity contribution in [3.8, 4) is 5.75 Å². The van der Waals surface area contributed by atoms with Crippen molar-refractivity contribution < 1.29 is 28.7 Å². The van der Waals surface area contributed by atoms with Crippen molar-refractivity contribution in [3.63, 3.8) is 0 Å². The van der Waals surface area contributed by atoms with Crippen molar-refractivity contribution in [2.45, 2.75) is 20.3 Å². The van der Waals surface area contributed by atoms with E-state index in [1.54, 1.807) is 18.2 Å². The summed E-state index contributed by atoms with van der Waals surface area (Å²) in [5.41, 5.74) is 5.05. The average molecular weight is 322 g/mol. The fourth-order valence-corrected chi connectivity index (χ4v) is 1.68. The summed E-state index contributed by atoms with van der Waals surface area (Å²) in [5, 5.41) is 0. The van der Waals surface area contributed by atoms with Gasteiger partial charge < -0.3 is 9.47 Å². The molecule has 2 amide bonds. The van der Waals surface area contributed by atoms with Crippen molar-refractivity contribution in [3.05, 3.63) is 29.3 Å². The van der Waals surface area contributed by atoms with E-state index in [4.69, 9.17) is 9.47 Å². The number of ketones is 1. The Morgan fingerprint density at radius 1 is 1.09 bits per heavy atom. The van der Waals surface area contributed by atoms with E-state index in [9.17, 15) is 19.2 Å². The van der Waals surface area contributed by atoms with E-state index in [-0.39, 0.29) is 12.2 Å². The number of hydrazine groups is 1. The Labute approximate surface area is 133 Å². The Balaban J connectivity index is 2.63. The third-order valence-electron chi connectivity index (χ3n) is 2.76. The number of benzene rings is 1. The highest BCUT2D eigenvalue weighted by atomic mass is 16.5. The molecule has 0 heterocycles. The number of methoxy groups -OCH3 is 1. The Morgan fingerprint density at radius 2 is 1.78 bits per heavy atom. The van der Waals surface area contributed by atoms with Crippen molar-refractivity contribution in [2.24, 2.45) is 0 Å². The van der Waals surface area contributed by atoms with Gasteiger partial charge in [-0.05, 0) is 25.1 Å². The third-order valence-corrected chi connectivity index (χ3v) is 2.76. The highest BCUT2D eigenvalue weighted by Crippen LogP contribution is 2.21. The maximum absolute atomic E-state index is 11.8. The first-order chi connectivity index (χ1) is 10.8. The van der Waals surface area contributed by atoms with Crippen LogP contribution in [-0.2, 0) is 25.5 Å². The molecule has 2 N–H and O–H groups in total. The number of Topliss-reactive ketones (excluding diaryl/α,β-unsaturated/α-hetero) is 1. The van der Waals surface area contributed by atoms with Gasteiger partial charge in [-0.25, -0.2) is 0 Å². The summed E-state index contributed by atoms with van der Waals surface area (Å²) >= 11 is 0. The maximum Gasteiger partial charge on any atom is 0.310 e. The van der Waals surface area contributed by atoms with Gasteiger partial charge in [0.1, 0.15) is 5.75 Å². The van der Waals surface area contributed by atoms with Gasteiger partial charge in [0.15, 0.2) is 12.4 Å². The molecular weight excluding hydrogens is 304 g/mol. The van der Waals surface area contributed by atoms with Crippen LogP contribution < -0.4 is 15.6 Å². The van der Waals surface area contributed by atoms with Crippen LogP contribution in [0.2, 0.25) is 0 Å². The Hall–Kier alpha value is -2.90. The molecule has 0 spiro atoms. The van der Waals surface area contributed by atoms with Crippen molar-refractivity contribution in [2.75, 3.05) is 13.7 Å². The van der Waals surface area contributed by atoms with Crippen molar-refractivity contribution in [1.29, 1.82) is 0 Å². The lowest BCUT2D eigenvalue weighted by atomic mass is 10.0. The first-order valence-electron chi connectivity index (χ1n) is 6.72. The molecule has 0 unspecified atom stereocenters. The molecule has 8 nitrogen and oxygen atoms in total. The molecule has 1 rings (SSSR count). The molecule has 1 aromatic rings. The predicted molar refractivity (Wildman–Crippen MR) is 79.6 cm³/mol. The summed E-state index contributed by atoms with van der Waals surface area (Å²) in [6.07, 6.45) is -0.155. The highest BCUT2D eigenvalue weighted by Gasteiger charge is 2.14. The number of hydrogen-bond donors (Lipinski definition) is 2. The number of rotatable bonds is 6. The van der Waals surface area contributed by atoms with Crippen LogP contribution in [0.15, 0.2) is 18.2 Å². The van der Waals surface area contributed by atoms with Gasteiger partial charge in [0.25, 0.3) is 5.91 Å². The lowest BCUT2D eigenvalue weighted by molar-refractivity contribution is -0.148. The quantitative estimate of drug-likeness (QED) is 0.438. The van der Waals surface area contributed by atoms with Crippen LogP contribution in [0.25, 0.3) is 0 Å². The molecule has 23 heavy (non-hydrogen) atoms. The molecular formula is C15H18N2O6. The fraction of sp³-hybridized carbons (Fsp3) is 0.333. The Morgan fingerprint density at radius 3 is 2.35 bits per heavy atom. The number of nitrogens with one attached hydrogen (secondary N) is 2.